The number of carbonyl (C=O) groups is 2. The standard InChI is InChI=1S/C22H25N5O3S/c1-15-12-16(2)27(25-15)14-20(28)23-24-21(29)19-13-18(17-6-4-3-5-7-17)22(31-19)26-8-10-30-11-9-26/h3-7,12-13H,8-11,14H2,1-2H3,(H,23,28)(H,24,29). The number of benzene rings is 1. The van der Waals surface area contributed by atoms with Crippen molar-refractivity contribution in [2.45, 2.75) is 20.4 Å². The number of rotatable bonds is 5. The average Bonchev–Trinajstić information content (AvgIpc) is 3.36. The molecule has 3 aromatic rings. The highest BCUT2D eigenvalue weighted by Crippen LogP contribution is 2.39. The van der Waals surface area contributed by atoms with E-state index in [2.05, 4.69) is 20.9 Å². The van der Waals surface area contributed by atoms with Gasteiger partial charge in [-0.25, -0.2) is 0 Å². The van der Waals surface area contributed by atoms with Gasteiger partial charge in [-0.3, -0.25) is 25.1 Å². The summed E-state index contributed by atoms with van der Waals surface area (Å²) < 4.78 is 7.08. The number of aryl methyl sites for hydroxylation is 2. The van der Waals surface area contributed by atoms with Crippen LogP contribution >= 0.6 is 11.3 Å². The number of hydrogen-bond acceptors (Lipinski definition) is 6. The van der Waals surface area contributed by atoms with Crippen molar-refractivity contribution >= 4 is 28.2 Å². The molecule has 0 radical (unpaired) electrons. The number of nitrogens with one attached hydrogen (secondary N) is 2. The van der Waals surface area contributed by atoms with Crippen LogP contribution in [0.15, 0.2) is 42.5 Å². The Balaban J connectivity index is 1.48. The monoisotopic (exact) mass is 439 g/mol. The Morgan fingerprint density at radius 2 is 1.84 bits per heavy atom. The summed E-state index contributed by atoms with van der Waals surface area (Å²) in [6.45, 7) is 6.68. The normalized spacial score (nSPS) is 13.8. The predicted octanol–water partition coefficient (Wildman–Crippen LogP) is 2.53. The van der Waals surface area contributed by atoms with E-state index in [1.165, 1.54) is 11.3 Å². The van der Waals surface area contributed by atoms with Crippen molar-refractivity contribution in [2.24, 2.45) is 0 Å². The minimum Gasteiger partial charge on any atom is -0.378 e. The van der Waals surface area contributed by atoms with Crippen molar-refractivity contribution in [2.75, 3.05) is 31.2 Å². The molecule has 0 aliphatic carbocycles. The zero-order valence-electron chi connectivity index (χ0n) is 17.6. The maximum Gasteiger partial charge on any atom is 0.279 e. The van der Waals surface area contributed by atoms with Crippen LogP contribution in [-0.2, 0) is 16.1 Å². The molecule has 8 nitrogen and oxygen atoms in total. The van der Waals surface area contributed by atoms with Crippen LogP contribution in [0.5, 0.6) is 0 Å². The Labute approximate surface area is 184 Å². The SMILES string of the molecule is Cc1cc(C)n(CC(=O)NNC(=O)c2cc(-c3ccccc3)c(N3CCOCC3)s2)n1. The molecule has 1 aliphatic rings. The second kappa shape index (κ2) is 9.32. The lowest BCUT2D eigenvalue weighted by Crippen LogP contribution is -2.43. The van der Waals surface area contributed by atoms with E-state index in [9.17, 15) is 9.59 Å². The second-order valence-electron chi connectivity index (χ2n) is 7.38. The third-order valence-electron chi connectivity index (χ3n) is 5.03. The van der Waals surface area contributed by atoms with E-state index in [1.54, 1.807) is 4.68 Å². The van der Waals surface area contributed by atoms with Gasteiger partial charge in [-0.2, -0.15) is 5.10 Å². The molecule has 1 fully saturated rings. The van der Waals surface area contributed by atoms with Gasteiger partial charge in [0.05, 0.1) is 28.8 Å². The first-order valence-electron chi connectivity index (χ1n) is 10.1. The zero-order valence-corrected chi connectivity index (χ0v) is 18.4. The van der Waals surface area contributed by atoms with Gasteiger partial charge in [0.15, 0.2) is 0 Å². The van der Waals surface area contributed by atoms with E-state index >= 15 is 0 Å². The lowest BCUT2D eigenvalue weighted by atomic mass is 10.1. The summed E-state index contributed by atoms with van der Waals surface area (Å²) in [7, 11) is 0. The van der Waals surface area contributed by atoms with Crippen molar-refractivity contribution in [3.63, 3.8) is 0 Å². The number of nitrogens with zero attached hydrogens (tertiary/aromatic N) is 3. The molecule has 0 bridgehead atoms. The van der Waals surface area contributed by atoms with Gasteiger partial charge in [-0.05, 0) is 31.5 Å². The lowest BCUT2D eigenvalue weighted by Gasteiger charge is -2.28. The van der Waals surface area contributed by atoms with Crippen molar-refractivity contribution in [1.82, 2.24) is 20.6 Å². The van der Waals surface area contributed by atoms with Crippen molar-refractivity contribution in [1.29, 1.82) is 0 Å². The number of thiophene rings is 1. The molecule has 0 unspecified atom stereocenters. The Morgan fingerprint density at radius 1 is 1.10 bits per heavy atom. The maximum absolute atomic E-state index is 12.8. The number of ether oxygens (including phenoxy) is 1. The van der Waals surface area contributed by atoms with Gasteiger partial charge in [0, 0.05) is 24.3 Å². The molecule has 2 aromatic heterocycles. The Kier molecular flexibility index (Phi) is 6.34. The molecule has 0 atom stereocenters. The molecule has 31 heavy (non-hydrogen) atoms. The van der Waals surface area contributed by atoms with E-state index in [0.29, 0.717) is 18.1 Å². The van der Waals surface area contributed by atoms with Gasteiger partial charge in [-0.1, -0.05) is 30.3 Å². The van der Waals surface area contributed by atoms with Crippen LogP contribution in [0.3, 0.4) is 0 Å². The first kappa shape index (κ1) is 21.1. The third kappa shape index (κ3) is 4.95. The maximum atomic E-state index is 12.8. The first-order chi connectivity index (χ1) is 15.0. The largest absolute Gasteiger partial charge is 0.378 e. The Bertz CT molecular complexity index is 1070. The fourth-order valence-corrected chi connectivity index (χ4v) is 4.65. The molecule has 9 heteroatoms. The van der Waals surface area contributed by atoms with Crippen LogP contribution in [0.2, 0.25) is 0 Å². The minimum atomic E-state index is -0.344. The van der Waals surface area contributed by atoms with Crippen LogP contribution in [0, 0.1) is 13.8 Å². The van der Waals surface area contributed by atoms with Crippen molar-refractivity contribution in [3.8, 4) is 11.1 Å². The number of morpholine rings is 1. The number of aromatic nitrogens is 2. The summed E-state index contributed by atoms with van der Waals surface area (Å²) in [5.74, 6) is -0.684. The van der Waals surface area contributed by atoms with Crippen LogP contribution in [0.25, 0.3) is 11.1 Å². The fourth-order valence-electron chi connectivity index (χ4n) is 3.52. The van der Waals surface area contributed by atoms with Crippen LogP contribution in [0.4, 0.5) is 5.00 Å². The summed E-state index contributed by atoms with van der Waals surface area (Å²) in [5.41, 5.74) is 8.80. The number of hydrogen-bond donors (Lipinski definition) is 2. The minimum absolute atomic E-state index is 0.0404. The van der Waals surface area contributed by atoms with E-state index in [4.69, 9.17) is 4.74 Å². The van der Waals surface area contributed by atoms with Gasteiger partial charge in [0.2, 0.25) is 0 Å². The molecule has 1 saturated heterocycles. The van der Waals surface area contributed by atoms with Crippen LogP contribution in [0.1, 0.15) is 21.1 Å². The molecule has 162 valence electrons. The van der Waals surface area contributed by atoms with E-state index < -0.39 is 0 Å². The molecular formula is C22H25N5O3S. The van der Waals surface area contributed by atoms with Gasteiger partial charge >= 0.3 is 0 Å². The van der Waals surface area contributed by atoms with Crippen molar-refractivity contribution < 1.29 is 14.3 Å². The van der Waals surface area contributed by atoms with Gasteiger partial charge in [0.25, 0.3) is 11.8 Å². The highest BCUT2D eigenvalue weighted by atomic mass is 32.1. The van der Waals surface area contributed by atoms with Gasteiger partial charge < -0.3 is 9.64 Å². The molecule has 2 amide bonds. The molecule has 2 N–H and O–H groups in total. The number of carbonyl (C=O) groups excluding carboxylic acids is 2. The van der Waals surface area contributed by atoms with Gasteiger partial charge in [-0.15, -0.1) is 11.3 Å². The number of hydrazine groups is 1. The topological polar surface area (TPSA) is 88.5 Å². The first-order valence-corrected chi connectivity index (χ1v) is 10.9. The van der Waals surface area contributed by atoms with E-state index in [0.717, 1.165) is 40.6 Å². The van der Waals surface area contributed by atoms with Crippen molar-refractivity contribution in [3.05, 3.63) is 58.7 Å². The smallest absolute Gasteiger partial charge is 0.279 e. The van der Waals surface area contributed by atoms with E-state index in [1.807, 2.05) is 56.3 Å². The average molecular weight is 440 g/mol. The zero-order chi connectivity index (χ0) is 21.8. The molecule has 1 aliphatic heterocycles. The summed E-state index contributed by atoms with van der Waals surface area (Å²) in [6.07, 6.45) is 0. The fraction of sp³-hybridized carbons (Fsp3) is 0.318. The quantitative estimate of drug-likeness (QED) is 0.597. The predicted molar refractivity (Wildman–Crippen MR) is 120 cm³/mol. The Morgan fingerprint density at radius 3 is 2.52 bits per heavy atom. The second-order valence-corrected chi connectivity index (χ2v) is 8.41. The molecule has 0 saturated carbocycles. The summed E-state index contributed by atoms with van der Waals surface area (Å²) in [6, 6.07) is 13.8. The molecular weight excluding hydrogens is 414 g/mol. The molecule has 0 spiro atoms. The highest BCUT2D eigenvalue weighted by Gasteiger charge is 2.22. The van der Waals surface area contributed by atoms with Gasteiger partial charge in [0.1, 0.15) is 6.54 Å². The molecule has 1 aromatic carbocycles. The summed E-state index contributed by atoms with van der Waals surface area (Å²) >= 11 is 1.42. The summed E-state index contributed by atoms with van der Waals surface area (Å²) in [5, 5.41) is 5.30. The lowest BCUT2D eigenvalue weighted by molar-refractivity contribution is -0.122. The molecule has 3 heterocycles. The van der Waals surface area contributed by atoms with Crippen LogP contribution < -0.4 is 15.8 Å². The summed E-state index contributed by atoms with van der Waals surface area (Å²) in [4.78, 5) is 27.8. The van der Waals surface area contributed by atoms with E-state index in [-0.39, 0.29) is 18.4 Å². The molecule has 4 rings (SSSR count). The highest BCUT2D eigenvalue weighted by molar-refractivity contribution is 7.18. The Hall–Kier alpha value is -3.17. The third-order valence-corrected chi connectivity index (χ3v) is 6.23. The van der Waals surface area contributed by atoms with Crippen LogP contribution in [-0.4, -0.2) is 47.9 Å². The number of amides is 2. The number of anilines is 1.